The van der Waals surface area contributed by atoms with Gasteiger partial charge in [0.15, 0.2) is 16.8 Å². The first-order chi connectivity index (χ1) is 15.7. The Kier molecular flexibility index (Phi) is 8.84. The van der Waals surface area contributed by atoms with Crippen molar-refractivity contribution >= 4 is 27.8 Å². The third-order valence-corrected chi connectivity index (χ3v) is 7.48. The van der Waals surface area contributed by atoms with Crippen molar-refractivity contribution in [3.63, 3.8) is 0 Å². The van der Waals surface area contributed by atoms with Gasteiger partial charge in [-0.2, -0.15) is 0 Å². The number of nitrogens with zero attached hydrogens (tertiary/aromatic N) is 3. The Bertz CT molecular complexity index is 1000. The summed E-state index contributed by atoms with van der Waals surface area (Å²) in [6.07, 6.45) is 6.76. The maximum Gasteiger partial charge on any atom is 0.161 e. The predicted octanol–water partition coefficient (Wildman–Crippen LogP) is 3.96. The van der Waals surface area contributed by atoms with Gasteiger partial charge in [0.1, 0.15) is 12.4 Å². The van der Waals surface area contributed by atoms with Crippen molar-refractivity contribution in [1.29, 1.82) is 0 Å². The van der Waals surface area contributed by atoms with Crippen molar-refractivity contribution in [2.75, 3.05) is 26.4 Å². The summed E-state index contributed by atoms with van der Waals surface area (Å²) in [6, 6.07) is 5.86. The molecule has 7 nitrogen and oxygen atoms in total. The minimum atomic E-state index is -1.41. The summed E-state index contributed by atoms with van der Waals surface area (Å²) >= 11 is 0. The fourth-order valence-electron chi connectivity index (χ4n) is 4.14. The highest BCUT2D eigenvalue weighted by molar-refractivity contribution is 7.82. The number of fused-ring (bicyclic) bond motifs is 1. The second-order valence-electron chi connectivity index (χ2n) is 9.60. The number of Topliss-reactive ketones (excluding diaryl/α,β-unsaturated/α-hetero) is 1. The number of hydrogen-bond donors (Lipinski definition) is 1. The average Bonchev–Trinajstić information content (AvgIpc) is 3.19. The lowest BCUT2D eigenvalue weighted by atomic mass is 9.94. The molecule has 0 amide bonds. The van der Waals surface area contributed by atoms with Gasteiger partial charge in [0.25, 0.3) is 0 Å². The molecule has 1 aromatic carbocycles. The molecule has 33 heavy (non-hydrogen) atoms. The van der Waals surface area contributed by atoms with Crippen LogP contribution in [0.5, 0.6) is 0 Å². The minimum Gasteiger partial charge on any atom is -0.389 e. The smallest absolute Gasteiger partial charge is 0.161 e. The van der Waals surface area contributed by atoms with E-state index in [0.717, 1.165) is 55.9 Å². The molecular weight excluding hydrogens is 438 g/mol. The molecule has 2 heterocycles. The third kappa shape index (κ3) is 6.52. The van der Waals surface area contributed by atoms with Crippen LogP contribution < -0.4 is 0 Å². The molecule has 1 aliphatic rings. The summed E-state index contributed by atoms with van der Waals surface area (Å²) in [5.74, 6) is 1.45. The molecule has 8 heteroatoms. The Morgan fingerprint density at radius 2 is 2.06 bits per heavy atom. The zero-order valence-electron chi connectivity index (χ0n) is 20.2. The van der Waals surface area contributed by atoms with Crippen molar-refractivity contribution in [2.45, 2.75) is 70.2 Å². The number of imidazole rings is 1. The van der Waals surface area contributed by atoms with Gasteiger partial charge < -0.3 is 14.4 Å². The van der Waals surface area contributed by atoms with Crippen LogP contribution in [-0.4, -0.2) is 55.3 Å². The van der Waals surface area contributed by atoms with Crippen molar-refractivity contribution in [3.05, 3.63) is 36.3 Å². The van der Waals surface area contributed by atoms with Crippen molar-refractivity contribution in [3.8, 4) is 0 Å². The van der Waals surface area contributed by atoms with Crippen LogP contribution in [0, 0.1) is 5.92 Å². The first-order valence-electron chi connectivity index (χ1n) is 11.8. The molecule has 1 aromatic heterocycles. The summed E-state index contributed by atoms with van der Waals surface area (Å²) in [5, 5.41) is 8.87. The first-order valence-corrected chi connectivity index (χ1v) is 12.9. The van der Waals surface area contributed by atoms with E-state index >= 15 is 0 Å². The highest BCUT2D eigenvalue weighted by Gasteiger charge is 2.24. The largest absolute Gasteiger partial charge is 0.389 e. The lowest BCUT2D eigenvalue weighted by molar-refractivity contribution is -0.120. The third-order valence-electron chi connectivity index (χ3n) is 6.01. The lowest BCUT2D eigenvalue weighted by Crippen LogP contribution is -2.22. The van der Waals surface area contributed by atoms with E-state index in [4.69, 9.17) is 14.8 Å². The number of rotatable bonds is 10. The van der Waals surface area contributed by atoms with Crippen molar-refractivity contribution in [2.24, 2.45) is 5.92 Å². The molecule has 0 saturated carbocycles. The van der Waals surface area contributed by atoms with E-state index in [1.54, 1.807) is 16.6 Å². The Hall–Kier alpha value is -2.03. The summed E-state index contributed by atoms with van der Waals surface area (Å²) in [6.45, 7) is 11.1. The van der Waals surface area contributed by atoms with Gasteiger partial charge in [-0.1, -0.05) is 26.8 Å². The van der Waals surface area contributed by atoms with Crippen LogP contribution in [0.15, 0.2) is 35.4 Å². The highest BCUT2D eigenvalue weighted by atomic mass is 32.2. The van der Waals surface area contributed by atoms with E-state index in [-0.39, 0.29) is 17.6 Å². The average molecular weight is 476 g/mol. The predicted molar refractivity (Wildman–Crippen MR) is 131 cm³/mol. The summed E-state index contributed by atoms with van der Waals surface area (Å²) < 4.78 is 22.7. The molecule has 0 aliphatic carbocycles. The Morgan fingerprint density at radius 3 is 2.70 bits per heavy atom. The van der Waals surface area contributed by atoms with Crippen LogP contribution in [0.25, 0.3) is 11.0 Å². The van der Waals surface area contributed by atoms with Gasteiger partial charge in [-0.05, 0) is 50.3 Å². The molecule has 2 aromatic rings. The van der Waals surface area contributed by atoms with Crippen LogP contribution >= 0.6 is 0 Å². The molecule has 3 rings (SSSR count). The van der Waals surface area contributed by atoms with Crippen LogP contribution in [0.1, 0.15) is 59.2 Å². The van der Waals surface area contributed by atoms with E-state index in [9.17, 15) is 9.00 Å². The molecule has 1 saturated heterocycles. The van der Waals surface area contributed by atoms with Crippen molar-refractivity contribution in [1.82, 2.24) is 13.9 Å². The number of ketones is 1. The van der Waals surface area contributed by atoms with Crippen molar-refractivity contribution < 1.29 is 18.8 Å². The molecule has 1 fully saturated rings. The topological polar surface area (TPSA) is 84.7 Å². The summed E-state index contributed by atoms with van der Waals surface area (Å²) in [7, 11) is -1.41. The fourth-order valence-corrected chi connectivity index (χ4v) is 5.24. The minimum absolute atomic E-state index is 0.106. The van der Waals surface area contributed by atoms with Gasteiger partial charge in [-0.15, -0.1) is 0 Å². The molecule has 0 bridgehead atoms. The quantitative estimate of drug-likeness (QED) is 0.562. The van der Waals surface area contributed by atoms with Gasteiger partial charge in [0.05, 0.1) is 15.9 Å². The van der Waals surface area contributed by atoms with Crippen LogP contribution in [0.4, 0.5) is 0 Å². The lowest BCUT2D eigenvalue weighted by Gasteiger charge is -2.24. The fraction of sp³-hybridized carbons (Fsp3) is 0.600. The molecule has 1 atom stereocenters. The number of carbonyl (C=O) groups excluding carboxylic acids is 1. The van der Waals surface area contributed by atoms with E-state index < -0.39 is 17.6 Å². The molecule has 1 aliphatic heterocycles. The summed E-state index contributed by atoms with van der Waals surface area (Å²) in [4.78, 5) is 17.0. The van der Waals surface area contributed by atoms with Gasteiger partial charge in [-0.3, -0.25) is 9.10 Å². The highest BCUT2D eigenvalue weighted by Crippen LogP contribution is 2.30. The number of aliphatic hydroxyl groups is 1. The number of allylic oxidation sites excluding steroid dienone is 1. The normalized spacial score (nSPS) is 16.5. The summed E-state index contributed by atoms with van der Waals surface area (Å²) in [5.41, 5.74) is 1.82. The Balaban J connectivity index is 1.85. The van der Waals surface area contributed by atoms with Gasteiger partial charge in [-0.25, -0.2) is 9.19 Å². The number of carbonyl (C=O) groups is 1. The number of ether oxygens (including phenoxy) is 1. The molecule has 0 radical (unpaired) electrons. The zero-order chi connectivity index (χ0) is 24.0. The van der Waals surface area contributed by atoms with E-state index in [2.05, 4.69) is 25.3 Å². The van der Waals surface area contributed by atoms with Gasteiger partial charge in [0.2, 0.25) is 0 Å². The number of aryl methyl sites for hydroxylation is 1. The number of hydrogen-bond acceptors (Lipinski definition) is 5. The second kappa shape index (κ2) is 11.4. The Morgan fingerprint density at radius 1 is 1.33 bits per heavy atom. The second-order valence-corrected chi connectivity index (χ2v) is 11.0. The van der Waals surface area contributed by atoms with Crippen LogP contribution in [0.2, 0.25) is 0 Å². The Labute approximate surface area is 199 Å². The maximum atomic E-state index is 13.2. The SMILES string of the molecule is CCN(/C=C\CC(=O)CO)S(=O)c1ccc2c(c1)nc(C(C)(C)C)n2CCC1CCOCC1. The van der Waals surface area contributed by atoms with Gasteiger partial charge in [0, 0.05) is 44.3 Å². The van der Waals surface area contributed by atoms with Gasteiger partial charge >= 0.3 is 0 Å². The molecule has 1 N–H and O–H groups in total. The molecule has 182 valence electrons. The first kappa shape index (κ1) is 25.6. The van der Waals surface area contributed by atoms with Crippen LogP contribution in [0.3, 0.4) is 0 Å². The van der Waals surface area contributed by atoms with E-state index in [1.807, 2.05) is 25.1 Å². The number of aromatic nitrogens is 2. The number of benzene rings is 1. The maximum absolute atomic E-state index is 13.2. The molecular formula is C25H37N3O4S. The number of aliphatic hydroxyl groups excluding tert-OH is 1. The van der Waals surface area contributed by atoms with E-state index in [1.165, 1.54) is 0 Å². The standard InChI is InChI=1S/C25H37N3O4S/c1-5-27(13-6-7-20(30)18-29)33(31)21-8-9-23-22(17-21)26-24(25(2,3)4)28(23)14-10-19-11-15-32-16-12-19/h6,8-9,13,17,19,29H,5,7,10-12,14-16,18H2,1-4H3/b13-6-. The zero-order valence-corrected chi connectivity index (χ0v) is 21.1. The van der Waals surface area contributed by atoms with E-state index in [0.29, 0.717) is 17.4 Å². The van der Waals surface area contributed by atoms with Crippen LogP contribution in [-0.2, 0) is 32.5 Å². The monoisotopic (exact) mass is 475 g/mol. The molecule has 1 unspecified atom stereocenters. The molecule has 0 spiro atoms.